The Hall–Kier alpha value is -1.19. The van der Waals surface area contributed by atoms with Crippen LogP contribution >= 0.6 is 34.7 Å². The van der Waals surface area contributed by atoms with E-state index in [0.717, 1.165) is 29.5 Å². The summed E-state index contributed by atoms with van der Waals surface area (Å²) in [5.74, 6) is -0.198. The number of nitrogens with zero attached hydrogens (tertiary/aromatic N) is 4. The van der Waals surface area contributed by atoms with Gasteiger partial charge in [0.1, 0.15) is 0 Å². The summed E-state index contributed by atoms with van der Waals surface area (Å²) in [6.45, 7) is 2.15. The largest absolute Gasteiger partial charge is 0.281 e. The molecule has 0 saturated heterocycles. The van der Waals surface area contributed by atoms with E-state index in [4.69, 9.17) is 11.6 Å². The molecule has 0 fully saturated rings. The van der Waals surface area contributed by atoms with Gasteiger partial charge in [0.05, 0.1) is 11.6 Å². The SMILES string of the molecule is CCCCC(=O)N(Cc1cnc(Cl)s1)C(=N[N+](=O)[O-])SC. The lowest BCUT2D eigenvalue weighted by molar-refractivity contribution is -0.485. The second-order valence-corrected chi connectivity index (χ2v) is 6.46. The van der Waals surface area contributed by atoms with Gasteiger partial charge in [-0.2, -0.15) is 0 Å². The fourth-order valence-corrected chi connectivity index (χ4v) is 3.01. The predicted molar refractivity (Wildman–Crippen MR) is 85.1 cm³/mol. The van der Waals surface area contributed by atoms with Gasteiger partial charge in [-0.3, -0.25) is 9.69 Å². The third-order valence-corrected chi connectivity index (χ3v) is 4.23. The minimum absolute atomic E-state index is 0.0608. The van der Waals surface area contributed by atoms with Crippen LogP contribution in [-0.2, 0) is 11.3 Å². The van der Waals surface area contributed by atoms with Crippen molar-refractivity contribution in [1.29, 1.82) is 0 Å². The molecule has 0 saturated carbocycles. The number of unbranched alkanes of at least 4 members (excludes halogenated alkanes) is 1. The minimum atomic E-state index is -0.800. The molecule has 0 spiro atoms. The molecule has 1 heterocycles. The Morgan fingerprint density at radius 1 is 1.67 bits per heavy atom. The van der Waals surface area contributed by atoms with Crippen molar-refractivity contribution in [3.05, 3.63) is 25.7 Å². The van der Waals surface area contributed by atoms with Crippen LogP contribution in [0.5, 0.6) is 0 Å². The van der Waals surface area contributed by atoms with E-state index in [-0.39, 0.29) is 17.6 Å². The van der Waals surface area contributed by atoms with E-state index in [9.17, 15) is 14.9 Å². The van der Waals surface area contributed by atoms with Crippen LogP contribution in [-0.4, -0.2) is 32.2 Å². The van der Waals surface area contributed by atoms with Crippen molar-refractivity contribution >= 4 is 45.8 Å². The van der Waals surface area contributed by atoms with Crippen molar-refractivity contribution in [2.24, 2.45) is 5.10 Å². The smallest absolute Gasteiger partial charge is 0.244 e. The summed E-state index contributed by atoms with van der Waals surface area (Å²) < 4.78 is 0.364. The second kappa shape index (κ2) is 8.96. The number of thioether (sulfide) groups is 1. The maximum absolute atomic E-state index is 12.3. The number of hydrogen-bond acceptors (Lipinski definition) is 6. The Morgan fingerprint density at radius 2 is 2.38 bits per heavy atom. The topological polar surface area (TPSA) is 88.7 Å². The molecule has 0 aromatic carbocycles. The molecule has 0 unspecified atom stereocenters. The van der Waals surface area contributed by atoms with Gasteiger partial charge in [-0.25, -0.2) is 15.1 Å². The Balaban J connectivity index is 2.97. The van der Waals surface area contributed by atoms with Gasteiger partial charge in [0.15, 0.2) is 9.50 Å². The molecule has 0 N–H and O–H groups in total. The van der Waals surface area contributed by atoms with Crippen LogP contribution in [0.4, 0.5) is 0 Å². The van der Waals surface area contributed by atoms with Gasteiger partial charge in [-0.05, 0) is 12.7 Å². The number of carbonyl (C=O) groups excluding carboxylic acids is 1. The average Bonchev–Trinajstić information content (AvgIpc) is 2.85. The molecule has 0 bridgehead atoms. The zero-order valence-electron chi connectivity index (χ0n) is 11.6. The monoisotopic (exact) mass is 350 g/mol. The van der Waals surface area contributed by atoms with Gasteiger partial charge >= 0.3 is 0 Å². The number of halogens is 1. The fourth-order valence-electron chi connectivity index (χ4n) is 1.51. The lowest BCUT2D eigenvalue weighted by Gasteiger charge is -2.20. The first kappa shape index (κ1) is 17.9. The number of aromatic nitrogens is 1. The van der Waals surface area contributed by atoms with Crippen LogP contribution < -0.4 is 0 Å². The Labute approximate surface area is 135 Å². The fraction of sp³-hybridized carbons (Fsp3) is 0.545. The summed E-state index contributed by atoms with van der Waals surface area (Å²) in [6.07, 6.45) is 5.10. The quantitative estimate of drug-likeness (QED) is 0.340. The number of amidine groups is 1. The third kappa shape index (κ3) is 5.98. The number of rotatable bonds is 6. The molecule has 0 atom stereocenters. The molecule has 116 valence electrons. The van der Waals surface area contributed by atoms with Gasteiger partial charge in [-0.15, -0.1) is 11.3 Å². The normalized spacial score (nSPS) is 11.5. The van der Waals surface area contributed by atoms with Crippen LogP contribution in [0.2, 0.25) is 4.47 Å². The molecule has 10 heteroatoms. The predicted octanol–water partition coefficient (Wildman–Crippen LogP) is 3.23. The molecule has 1 rings (SSSR count). The van der Waals surface area contributed by atoms with E-state index in [1.54, 1.807) is 12.5 Å². The van der Waals surface area contributed by atoms with Gasteiger partial charge in [-0.1, -0.05) is 36.7 Å². The van der Waals surface area contributed by atoms with Crippen LogP contribution in [0, 0.1) is 10.1 Å². The Morgan fingerprint density at radius 3 is 2.86 bits per heavy atom. The first-order chi connectivity index (χ1) is 9.97. The molecule has 0 aliphatic heterocycles. The standard InChI is InChI=1S/C11H15ClN4O3S2/c1-3-4-5-9(17)15(11(20-2)14-16(18)19)7-8-6-13-10(12)21-8/h6H,3-5,7H2,1-2H3. The van der Waals surface area contributed by atoms with Crippen molar-refractivity contribution in [2.45, 2.75) is 32.7 Å². The highest BCUT2D eigenvalue weighted by Gasteiger charge is 2.23. The molecule has 0 radical (unpaired) electrons. The first-order valence-electron chi connectivity index (χ1n) is 6.15. The summed E-state index contributed by atoms with van der Waals surface area (Å²) in [6, 6.07) is 0. The average molecular weight is 351 g/mol. The van der Waals surface area contributed by atoms with Crippen LogP contribution in [0.15, 0.2) is 11.3 Å². The molecule has 1 aromatic heterocycles. The number of hydrazone groups is 1. The number of hydrogen-bond donors (Lipinski definition) is 0. The van der Waals surface area contributed by atoms with Gasteiger partial charge in [0, 0.05) is 17.5 Å². The Kier molecular flexibility index (Phi) is 7.62. The molecule has 0 aliphatic rings. The van der Waals surface area contributed by atoms with Crippen molar-refractivity contribution in [1.82, 2.24) is 9.88 Å². The molecule has 0 aliphatic carbocycles. The van der Waals surface area contributed by atoms with E-state index in [1.807, 2.05) is 6.92 Å². The maximum atomic E-state index is 12.3. The zero-order valence-corrected chi connectivity index (χ0v) is 14.0. The zero-order chi connectivity index (χ0) is 15.8. The molecule has 1 aromatic rings. The maximum Gasteiger partial charge on any atom is 0.244 e. The van der Waals surface area contributed by atoms with Crippen molar-refractivity contribution in [3.8, 4) is 0 Å². The summed E-state index contributed by atoms with van der Waals surface area (Å²) in [5, 5.41) is 13.1. The Bertz CT molecular complexity index is 535. The van der Waals surface area contributed by atoms with Crippen molar-refractivity contribution in [3.63, 3.8) is 0 Å². The minimum Gasteiger partial charge on any atom is -0.281 e. The van der Waals surface area contributed by atoms with E-state index < -0.39 is 5.03 Å². The van der Waals surface area contributed by atoms with E-state index in [0.29, 0.717) is 10.9 Å². The molecular weight excluding hydrogens is 336 g/mol. The van der Waals surface area contributed by atoms with Crippen molar-refractivity contribution < 1.29 is 9.83 Å². The van der Waals surface area contributed by atoms with Crippen LogP contribution in [0.1, 0.15) is 31.1 Å². The van der Waals surface area contributed by atoms with Crippen LogP contribution in [0.3, 0.4) is 0 Å². The lowest BCUT2D eigenvalue weighted by Crippen LogP contribution is -2.34. The number of nitro groups is 1. The van der Waals surface area contributed by atoms with Crippen LogP contribution in [0.25, 0.3) is 0 Å². The lowest BCUT2D eigenvalue weighted by atomic mass is 10.2. The summed E-state index contributed by atoms with van der Waals surface area (Å²) in [7, 11) is 0. The van der Waals surface area contributed by atoms with Gasteiger partial charge in [0.2, 0.25) is 11.1 Å². The first-order valence-corrected chi connectivity index (χ1v) is 8.57. The summed E-state index contributed by atoms with van der Waals surface area (Å²) in [4.78, 5) is 28.8. The third-order valence-electron chi connectivity index (χ3n) is 2.47. The molecule has 7 nitrogen and oxygen atoms in total. The van der Waals surface area contributed by atoms with Crippen molar-refractivity contribution in [2.75, 3.05) is 6.26 Å². The van der Waals surface area contributed by atoms with E-state index in [1.165, 1.54) is 16.2 Å². The molecule has 1 amide bonds. The number of thiazole rings is 1. The van der Waals surface area contributed by atoms with Gasteiger partial charge < -0.3 is 0 Å². The highest BCUT2D eigenvalue weighted by Crippen LogP contribution is 2.21. The van der Waals surface area contributed by atoms with Gasteiger partial charge in [0.25, 0.3) is 0 Å². The second-order valence-electron chi connectivity index (χ2n) is 3.99. The highest BCUT2D eigenvalue weighted by atomic mass is 35.5. The summed E-state index contributed by atoms with van der Waals surface area (Å²) in [5.41, 5.74) is 0. The van der Waals surface area contributed by atoms with E-state index >= 15 is 0 Å². The number of carbonyl (C=O) groups is 1. The van der Waals surface area contributed by atoms with E-state index in [2.05, 4.69) is 10.1 Å². The highest BCUT2D eigenvalue weighted by molar-refractivity contribution is 8.13. The molecule has 21 heavy (non-hydrogen) atoms. The number of amides is 1. The summed E-state index contributed by atoms with van der Waals surface area (Å²) >= 11 is 8.05. The molecular formula is C11H15ClN4O3S2.